The smallest absolute Gasteiger partial charge is 0.264 e. The van der Waals surface area contributed by atoms with E-state index in [1.54, 1.807) is 18.2 Å². The third-order valence-corrected chi connectivity index (χ3v) is 4.51. The first-order valence-electron chi connectivity index (χ1n) is 7.14. The number of thioether (sulfide) groups is 1. The molecule has 0 aromatic heterocycles. The van der Waals surface area contributed by atoms with Crippen molar-refractivity contribution < 1.29 is 9.18 Å². The van der Waals surface area contributed by atoms with Gasteiger partial charge in [-0.05, 0) is 66.6 Å². The van der Waals surface area contributed by atoms with Crippen molar-refractivity contribution >= 4 is 34.6 Å². The Hall–Kier alpha value is -2.40. The van der Waals surface area contributed by atoms with Crippen LogP contribution in [0.2, 0.25) is 0 Å². The summed E-state index contributed by atoms with van der Waals surface area (Å²) in [6, 6.07) is 12.0. The molecule has 0 aliphatic carbocycles. The number of halogens is 1. The largest absolute Gasteiger partial charge is 0.300 e. The molecule has 2 aromatic rings. The highest BCUT2D eigenvalue weighted by atomic mass is 32.2. The lowest BCUT2D eigenvalue weighted by molar-refractivity contribution is -0.115. The number of nitrogens with zero attached hydrogens (tertiary/aromatic N) is 1. The summed E-state index contributed by atoms with van der Waals surface area (Å²) in [4.78, 5) is 17.1. The van der Waals surface area contributed by atoms with Crippen LogP contribution in [0.15, 0.2) is 52.4 Å². The first-order valence-corrected chi connectivity index (χ1v) is 7.96. The number of carbonyl (C=O) groups is 1. The van der Waals surface area contributed by atoms with Gasteiger partial charge < -0.3 is 5.32 Å². The number of hydrogen-bond donors (Lipinski definition) is 1. The van der Waals surface area contributed by atoms with Crippen LogP contribution in [0.1, 0.15) is 16.7 Å². The summed E-state index contributed by atoms with van der Waals surface area (Å²) < 4.78 is 13.2. The van der Waals surface area contributed by atoms with Crippen LogP contribution < -0.4 is 5.32 Å². The van der Waals surface area contributed by atoms with E-state index in [4.69, 9.17) is 0 Å². The molecule has 0 atom stereocenters. The Balaban J connectivity index is 1.88. The summed E-state index contributed by atoms with van der Waals surface area (Å²) in [5, 5.41) is 3.28. The summed E-state index contributed by atoms with van der Waals surface area (Å²) in [6.07, 6.45) is 1.66. The van der Waals surface area contributed by atoms with Crippen molar-refractivity contribution in [3.63, 3.8) is 0 Å². The Morgan fingerprint density at radius 3 is 2.74 bits per heavy atom. The van der Waals surface area contributed by atoms with Crippen molar-refractivity contribution in [3.05, 3.63) is 69.9 Å². The van der Waals surface area contributed by atoms with Crippen LogP contribution in [0, 0.1) is 19.7 Å². The zero-order valence-electron chi connectivity index (χ0n) is 12.8. The molecule has 2 aromatic carbocycles. The molecule has 0 radical (unpaired) electrons. The zero-order chi connectivity index (χ0) is 16.4. The molecule has 1 aliphatic rings. The molecule has 5 heteroatoms. The number of amides is 1. The average molecular weight is 326 g/mol. The first-order chi connectivity index (χ1) is 11.0. The number of aliphatic imine (C=N–C) groups is 1. The zero-order valence-corrected chi connectivity index (χ0v) is 13.6. The van der Waals surface area contributed by atoms with Crippen LogP contribution in [-0.4, -0.2) is 11.1 Å². The van der Waals surface area contributed by atoms with E-state index < -0.39 is 0 Å². The SMILES string of the molecule is Cc1cccc(N=C2NC(=O)/C(=C\c3cccc(F)c3)S2)c1C. The molecule has 3 nitrogen and oxygen atoms in total. The molecule has 1 fully saturated rings. The summed E-state index contributed by atoms with van der Waals surface area (Å²) in [7, 11) is 0. The summed E-state index contributed by atoms with van der Waals surface area (Å²) >= 11 is 1.26. The number of benzene rings is 2. The van der Waals surface area contributed by atoms with Crippen LogP contribution >= 0.6 is 11.8 Å². The van der Waals surface area contributed by atoms with Gasteiger partial charge in [0.2, 0.25) is 0 Å². The topological polar surface area (TPSA) is 41.5 Å². The van der Waals surface area contributed by atoms with Gasteiger partial charge >= 0.3 is 0 Å². The molecule has 1 aliphatic heterocycles. The maximum atomic E-state index is 13.2. The van der Waals surface area contributed by atoms with Crippen LogP contribution in [0.4, 0.5) is 10.1 Å². The summed E-state index contributed by atoms with van der Waals surface area (Å²) in [5.74, 6) is -0.546. The lowest BCUT2D eigenvalue weighted by atomic mass is 10.1. The van der Waals surface area contributed by atoms with Gasteiger partial charge in [-0.3, -0.25) is 4.79 Å². The van der Waals surface area contributed by atoms with Gasteiger partial charge in [0.15, 0.2) is 5.17 Å². The monoisotopic (exact) mass is 326 g/mol. The van der Waals surface area contributed by atoms with Crippen molar-refractivity contribution in [2.75, 3.05) is 0 Å². The molecule has 0 spiro atoms. The minimum atomic E-state index is -0.327. The van der Waals surface area contributed by atoms with Crippen LogP contribution in [0.3, 0.4) is 0 Å². The molecule has 1 amide bonds. The van der Waals surface area contributed by atoms with E-state index in [-0.39, 0.29) is 11.7 Å². The van der Waals surface area contributed by atoms with Gasteiger partial charge in [0, 0.05) is 0 Å². The van der Waals surface area contributed by atoms with Crippen molar-refractivity contribution in [1.82, 2.24) is 5.32 Å². The third kappa shape index (κ3) is 3.51. The van der Waals surface area contributed by atoms with Gasteiger partial charge in [-0.15, -0.1) is 0 Å². The second-order valence-corrected chi connectivity index (χ2v) is 6.29. The van der Waals surface area contributed by atoms with E-state index in [0.717, 1.165) is 16.8 Å². The summed E-state index contributed by atoms with van der Waals surface area (Å²) in [6.45, 7) is 4.02. The molecular weight excluding hydrogens is 311 g/mol. The first kappa shape index (κ1) is 15.5. The molecule has 3 rings (SSSR count). The highest BCUT2D eigenvalue weighted by Gasteiger charge is 2.24. The lowest BCUT2D eigenvalue weighted by Gasteiger charge is -2.04. The van der Waals surface area contributed by atoms with Crippen molar-refractivity contribution in [1.29, 1.82) is 0 Å². The van der Waals surface area contributed by atoms with E-state index in [9.17, 15) is 9.18 Å². The maximum Gasteiger partial charge on any atom is 0.264 e. The van der Waals surface area contributed by atoms with Gasteiger partial charge in [0.25, 0.3) is 5.91 Å². The molecule has 0 saturated carbocycles. The number of nitrogens with one attached hydrogen (secondary N) is 1. The molecule has 1 heterocycles. The van der Waals surface area contributed by atoms with Crippen LogP contribution in [0.25, 0.3) is 6.08 Å². The van der Waals surface area contributed by atoms with Crippen LogP contribution in [-0.2, 0) is 4.79 Å². The van der Waals surface area contributed by atoms with Gasteiger partial charge in [-0.25, -0.2) is 9.38 Å². The normalized spacial score (nSPS) is 17.8. The fraction of sp³-hybridized carbons (Fsp3) is 0.111. The number of rotatable bonds is 2. The van der Waals surface area contributed by atoms with Crippen molar-refractivity contribution in [2.24, 2.45) is 4.99 Å². The predicted molar refractivity (Wildman–Crippen MR) is 93.1 cm³/mol. The Morgan fingerprint density at radius 2 is 1.96 bits per heavy atom. The maximum absolute atomic E-state index is 13.2. The predicted octanol–water partition coefficient (Wildman–Crippen LogP) is 4.33. The number of amidine groups is 1. The van der Waals surface area contributed by atoms with Crippen molar-refractivity contribution in [3.8, 4) is 0 Å². The quantitative estimate of drug-likeness (QED) is 0.834. The summed E-state index contributed by atoms with van der Waals surface area (Å²) in [5.41, 5.74) is 3.71. The van der Waals surface area contributed by atoms with Gasteiger partial charge in [-0.1, -0.05) is 24.3 Å². The van der Waals surface area contributed by atoms with Gasteiger partial charge in [-0.2, -0.15) is 0 Å². The fourth-order valence-electron chi connectivity index (χ4n) is 2.19. The number of hydrogen-bond acceptors (Lipinski definition) is 3. The molecule has 0 bridgehead atoms. The Bertz CT molecular complexity index is 843. The van der Waals surface area contributed by atoms with E-state index in [1.165, 1.54) is 23.9 Å². The van der Waals surface area contributed by atoms with Crippen LogP contribution in [0.5, 0.6) is 0 Å². The second kappa shape index (κ2) is 6.38. The molecule has 116 valence electrons. The third-order valence-electron chi connectivity index (χ3n) is 3.60. The minimum absolute atomic E-state index is 0.219. The van der Waals surface area contributed by atoms with E-state index >= 15 is 0 Å². The molecule has 0 unspecified atom stereocenters. The highest BCUT2D eigenvalue weighted by molar-refractivity contribution is 8.18. The Kier molecular flexibility index (Phi) is 4.30. The second-order valence-electron chi connectivity index (χ2n) is 5.26. The van der Waals surface area contributed by atoms with E-state index in [2.05, 4.69) is 10.3 Å². The molecular formula is C18H15FN2OS. The van der Waals surface area contributed by atoms with Gasteiger partial charge in [0.05, 0.1) is 10.6 Å². The standard InChI is InChI=1S/C18H15FN2OS/c1-11-5-3-8-15(12(11)2)20-18-21-17(22)16(23-18)10-13-6-4-7-14(19)9-13/h3-10H,1-2H3,(H,20,21,22)/b16-10+. The van der Waals surface area contributed by atoms with Crippen molar-refractivity contribution in [2.45, 2.75) is 13.8 Å². The van der Waals surface area contributed by atoms with E-state index in [0.29, 0.717) is 15.6 Å². The fourth-order valence-corrected chi connectivity index (χ4v) is 3.03. The number of aryl methyl sites for hydroxylation is 1. The average Bonchev–Trinajstić information content (AvgIpc) is 2.84. The minimum Gasteiger partial charge on any atom is -0.300 e. The number of carbonyl (C=O) groups excluding carboxylic acids is 1. The van der Waals surface area contributed by atoms with E-state index in [1.807, 2.05) is 32.0 Å². The Morgan fingerprint density at radius 1 is 1.17 bits per heavy atom. The molecule has 1 saturated heterocycles. The highest BCUT2D eigenvalue weighted by Crippen LogP contribution is 2.29. The molecule has 1 N–H and O–H groups in total. The Labute approximate surface area is 138 Å². The van der Waals surface area contributed by atoms with Gasteiger partial charge in [0.1, 0.15) is 5.82 Å². The lowest BCUT2D eigenvalue weighted by Crippen LogP contribution is -2.19. The molecule has 23 heavy (non-hydrogen) atoms.